The van der Waals surface area contributed by atoms with Crippen molar-refractivity contribution in [1.29, 1.82) is 5.26 Å². The van der Waals surface area contributed by atoms with Crippen LogP contribution >= 0.6 is 0 Å². The Morgan fingerprint density at radius 1 is 1.38 bits per heavy atom. The molecule has 1 aromatic heterocycles. The summed E-state index contributed by atoms with van der Waals surface area (Å²) in [6, 6.07) is 11.7. The normalized spacial score (nSPS) is 10.9. The maximum absolute atomic E-state index is 10.8. The quantitative estimate of drug-likeness (QED) is 0.476. The number of benzene rings is 1. The highest BCUT2D eigenvalue weighted by Gasteiger charge is 2.14. The van der Waals surface area contributed by atoms with Crippen molar-refractivity contribution in [3.05, 3.63) is 76.1 Å². The van der Waals surface area contributed by atoms with Crippen LogP contribution in [-0.2, 0) is 6.54 Å². The van der Waals surface area contributed by atoms with Crippen LogP contribution in [0.25, 0.3) is 5.70 Å². The molecular weight excluding hydrogens is 308 g/mol. The second-order valence-electron chi connectivity index (χ2n) is 4.97. The minimum Gasteiger partial charge on any atom is -0.395 e. The van der Waals surface area contributed by atoms with Crippen LogP contribution in [0.5, 0.6) is 0 Å². The van der Waals surface area contributed by atoms with Crippen LogP contribution in [0.1, 0.15) is 11.1 Å². The SMILES string of the molecule is N#C/C=C(\c1ccc([N+](=O)[O-])cc1)N(CCO)Cc1cccnc1. The molecule has 1 aromatic carbocycles. The number of nitro benzene ring substituents is 1. The molecular formula is C17H16N4O3. The number of hydrogen-bond acceptors (Lipinski definition) is 6. The molecule has 0 unspecified atom stereocenters. The van der Waals surface area contributed by atoms with Gasteiger partial charge in [0, 0.05) is 43.7 Å². The third-order valence-corrected chi connectivity index (χ3v) is 3.38. The number of aliphatic hydroxyl groups excluding tert-OH is 1. The van der Waals surface area contributed by atoms with Crippen molar-refractivity contribution < 1.29 is 10.0 Å². The number of nitrogens with zero attached hydrogens (tertiary/aromatic N) is 4. The maximum atomic E-state index is 10.8. The van der Waals surface area contributed by atoms with E-state index >= 15 is 0 Å². The zero-order chi connectivity index (χ0) is 17.4. The maximum Gasteiger partial charge on any atom is 0.269 e. The molecule has 2 rings (SSSR count). The van der Waals surface area contributed by atoms with Gasteiger partial charge in [-0.05, 0) is 29.3 Å². The summed E-state index contributed by atoms with van der Waals surface area (Å²) < 4.78 is 0. The Morgan fingerprint density at radius 3 is 2.67 bits per heavy atom. The van der Waals surface area contributed by atoms with E-state index in [4.69, 9.17) is 5.26 Å². The summed E-state index contributed by atoms with van der Waals surface area (Å²) in [4.78, 5) is 16.2. The van der Waals surface area contributed by atoms with Gasteiger partial charge in [0.2, 0.25) is 0 Å². The van der Waals surface area contributed by atoms with E-state index in [1.54, 1.807) is 24.5 Å². The number of non-ortho nitro benzene ring substituents is 1. The average molecular weight is 324 g/mol. The van der Waals surface area contributed by atoms with Crippen molar-refractivity contribution in [1.82, 2.24) is 9.88 Å². The number of nitro groups is 1. The lowest BCUT2D eigenvalue weighted by molar-refractivity contribution is -0.384. The van der Waals surface area contributed by atoms with Gasteiger partial charge in [-0.15, -0.1) is 0 Å². The Balaban J connectivity index is 2.33. The fourth-order valence-electron chi connectivity index (χ4n) is 2.29. The van der Waals surface area contributed by atoms with E-state index < -0.39 is 4.92 Å². The van der Waals surface area contributed by atoms with Gasteiger partial charge in [0.05, 0.1) is 23.3 Å². The molecule has 1 heterocycles. The van der Waals surface area contributed by atoms with Crippen molar-refractivity contribution in [2.24, 2.45) is 0 Å². The van der Waals surface area contributed by atoms with E-state index in [0.29, 0.717) is 24.4 Å². The van der Waals surface area contributed by atoms with E-state index in [2.05, 4.69) is 4.98 Å². The van der Waals surface area contributed by atoms with Gasteiger partial charge < -0.3 is 10.0 Å². The molecule has 24 heavy (non-hydrogen) atoms. The van der Waals surface area contributed by atoms with Gasteiger partial charge >= 0.3 is 0 Å². The molecule has 7 heteroatoms. The van der Waals surface area contributed by atoms with Crippen LogP contribution in [0.2, 0.25) is 0 Å². The van der Waals surface area contributed by atoms with E-state index in [1.165, 1.54) is 18.2 Å². The molecule has 122 valence electrons. The van der Waals surface area contributed by atoms with Crippen LogP contribution in [-0.4, -0.2) is 33.1 Å². The Morgan fingerprint density at radius 2 is 2.12 bits per heavy atom. The minimum atomic E-state index is -0.474. The first-order valence-corrected chi connectivity index (χ1v) is 7.25. The summed E-state index contributed by atoms with van der Waals surface area (Å²) >= 11 is 0. The molecule has 0 bridgehead atoms. The predicted molar refractivity (Wildman–Crippen MR) is 88.4 cm³/mol. The zero-order valence-electron chi connectivity index (χ0n) is 12.9. The summed E-state index contributed by atoms with van der Waals surface area (Å²) in [5.41, 5.74) is 2.16. The van der Waals surface area contributed by atoms with Crippen molar-refractivity contribution in [3.63, 3.8) is 0 Å². The van der Waals surface area contributed by atoms with E-state index in [9.17, 15) is 15.2 Å². The molecule has 0 saturated heterocycles. The molecule has 0 saturated carbocycles. The first kappa shape index (κ1) is 17.1. The lowest BCUT2D eigenvalue weighted by Gasteiger charge is -2.26. The Labute approximate surface area is 139 Å². The number of allylic oxidation sites excluding steroid dienone is 1. The van der Waals surface area contributed by atoms with Crippen molar-refractivity contribution in [2.45, 2.75) is 6.54 Å². The highest BCUT2D eigenvalue weighted by atomic mass is 16.6. The molecule has 0 aliphatic rings. The molecule has 0 aliphatic heterocycles. The highest BCUT2D eigenvalue weighted by Crippen LogP contribution is 2.23. The Bertz CT molecular complexity index is 752. The van der Waals surface area contributed by atoms with Gasteiger partial charge in [-0.1, -0.05) is 6.07 Å². The van der Waals surface area contributed by atoms with Crippen LogP contribution in [0.15, 0.2) is 54.9 Å². The van der Waals surface area contributed by atoms with Gasteiger partial charge in [0.1, 0.15) is 0 Å². The zero-order valence-corrected chi connectivity index (χ0v) is 12.9. The van der Waals surface area contributed by atoms with Gasteiger partial charge in [-0.25, -0.2) is 0 Å². The van der Waals surface area contributed by atoms with Crippen LogP contribution in [0.4, 0.5) is 5.69 Å². The van der Waals surface area contributed by atoms with Crippen molar-refractivity contribution in [2.75, 3.05) is 13.2 Å². The predicted octanol–water partition coefficient (Wildman–Crippen LogP) is 2.35. The summed E-state index contributed by atoms with van der Waals surface area (Å²) in [6.07, 6.45) is 4.75. The monoisotopic (exact) mass is 324 g/mol. The fourth-order valence-corrected chi connectivity index (χ4v) is 2.29. The smallest absolute Gasteiger partial charge is 0.269 e. The number of aromatic nitrogens is 1. The summed E-state index contributed by atoms with van der Waals surface area (Å²) in [5, 5.41) is 29.2. The summed E-state index contributed by atoms with van der Waals surface area (Å²) in [7, 11) is 0. The molecule has 0 amide bonds. The third-order valence-electron chi connectivity index (χ3n) is 3.38. The van der Waals surface area contributed by atoms with Crippen LogP contribution < -0.4 is 0 Å². The third kappa shape index (κ3) is 4.38. The van der Waals surface area contributed by atoms with Gasteiger partial charge in [0.25, 0.3) is 5.69 Å². The second-order valence-corrected chi connectivity index (χ2v) is 4.97. The molecule has 2 aromatic rings. The summed E-state index contributed by atoms with van der Waals surface area (Å²) in [6.45, 7) is 0.689. The standard InChI is InChI=1S/C17H16N4O3/c18-8-7-17(15-3-5-16(6-4-15)21(23)24)20(10-11-22)13-14-2-1-9-19-12-14/h1-7,9,12,22H,10-11,13H2/b17-7+. The summed E-state index contributed by atoms with van der Waals surface area (Å²) in [5.74, 6) is 0. The number of pyridine rings is 1. The van der Waals surface area contributed by atoms with Gasteiger partial charge in [-0.3, -0.25) is 15.1 Å². The Kier molecular flexibility index (Phi) is 6.00. The van der Waals surface area contributed by atoms with Crippen LogP contribution in [0, 0.1) is 21.4 Å². The largest absolute Gasteiger partial charge is 0.395 e. The molecule has 0 atom stereocenters. The van der Waals surface area contributed by atoms with Crippen molar-refractivity contribution in [3.8, 4) is 6.07 Å². The molecule has 0 radical (unpaired) electrons. The molecule has 0 aliphatic carbocycles. The van der Waals surface area contributed by atoms with E-state index in [0.717, 1.165) is 5.56 Å². The average Bonchev–Trinajstić information content (AvgIpc) is 2.60. The number of hydrogen-bond donors (Lipinski definition) is 1. The Hall–Kier alpha value is -3.24. The highest BCUT2D eigenvalue weighted by molar-refractivity contribution is 5.67. The lowest BCUT2D eigenvalue weighted by atomic mass is 10.1. The van der Waals surface area contributed by atoms with E-state index in [-0.39, 0.29) is 12.3 Å². The molecule has 1 N–H and O–H groups in total. The van der Waals surface area contributed by atoms with E-state index in [1.807, 2.05) is 23.1 Å². The molecule has 0 spiro atoms. The molecule has 7 nitrogen and oxygen atoms in total. The van der Waals surface area contributed by atoms with Crippen LogP contribution in [0.3, 0.4) is 0 Å². The molecule has 0 fully saturated rings. The van der Waals surface area contributed by atoms with Gasteiger partial charge in [0.15, 0.2) is 0 Å². The van der Waals surface area contributed by atoms with Crippen molar-refractivity contribution >= 4 is 11.4 Å². The lowest BCUT2D eigenvalue weighted by Crippen LogP contribution is -2.25. The topological polar surface area (TPSA) is 103 Å². The first-order valence-electron chi connectivity index (χ1n) is 7.25. The number of nitriles is 1. The fraction of sp³-hybridized carbons (Fsp3) is 0.176. The number of aliphatic hydroxyl groups is 1. The minimum absolute atomic E-state index is 0.0176. The first-order chi connectivity index (χ1) is 11.7. The number of rotatable bonds is 7. The second kappa shape index (κ2) is 8.41. The van der Waals surface area contributed by atoms with Gasteiger partial charge in [-0.2, -0.15) is 5.26 Å².